The number of rotatable bonds is 6. The van der Waals surface area contributed by atoms with E-state index in [1.165, 1.54) is 4.31 Å². The van der Waals surface area contributed by atoms with Crippen LogP contribution in [0.3, 0.4) is 0 Å². The summed E-state index contributed by atoms with van der Waals surface area (Å²) in [4.78, 5) is 0.296. The van der Waals surface area contributed by atoms with Gasteiger partial charge in [0.2, 0.25) is 10.0 Å². The van der Waals surface area contributed by atoms with Crippen LogP contribution in [0.15, 0.2) is 33.6 Å². The Hall–Kier alpha value is -0.430. The van der Waals surface area contributed by atoms with E-state index in [1.54, 1.807) is 24.3 Å². The minimum absolute atomic E-state index is 0.246. The largest absolute Gasteiger partial charge is 0.330 e. The molecule has 0 heterocycles. The topological polar surface area (TPSA) is 63.4 Å². The van der Waals surface area contributed by atoms with Crippen LogP contribution in [0.1, 0.15) is 20.8 Å². The van der Waals surface area contributed by atoms with E-state index in [1.807, 2.05) is 20.8 Å². The molecule has 1 aromatic carbocycles. The Morgan fingerprint density at radius 2 is 1.89 bits per heavy atom. The molecule has 0 fully saturated rings. The molecule has 1 aromatic rings. The van der Waals surface area contributed by atoms with Crippen molar-refractivity contribution in [3.8, 4) is 0 Å². The number of hydrogen-bond acceptors (Lipinski definition) is 3. The zero-order valence-corrected chi connectivity index (χ0v) is 14.0. The van der Waals surface area contributed by atoms with Gasteiger partial charge in [-0.3, -0.25) is 0 Å². The lowest BCUT2D eigenvalue weighted by Gasteiger charge is -2.30. The standard InChI is InChI=1S/C13H21BrN2O2S/c1-4-16(10-13(2,3)9-15)19(17,18)12-8-6-5-7-11(12)14/h5-8H,4,9-10,15H2,1-3H3. The van der Waals surface area contributed by atoms with Gasteiger partial charge >= 0.3 is 0 Å². The van der Waals surface area contributed by atoms with Crippen LogP contribution in [0.2, 0.25) is 0 Å². The fourth-order valence-corrected chi connectivity index (χ4v) is 4.30. The molecule has 0 spiro atoms. The maximum atomic E-state index is 12.6. The van der Waals surface area contributed by atoms with E-state index in [-0.39, 0.29) is 5.41 Å². The number of halogens is 1. The van der Waals surface area contributed by atoms with Crippen LogP contribution in [0, 0.1) is 5.41 Å². The molecular weight excluding hydrogens is 328 g/mol. The highest BCUT2D eigenvalue weighted by atomic mass is 79.9. The summed E-state index contributed by atoms with van der Waals surface area (Å²) < 4.78 is 27.3. The van der Waals surface area contributed by atoms with Gasteiger partial charge in [-0.2, -0.15) is 4.31 Å². The second-order valence-corrected chi connectivity index (χ2v) is 7.99. The molecule has 0 bridgehead atoms. The first-order valence-electron chi connectivity index (χ1n) is 6.19. The third-order valence-electron chi connectivity index (χ3n) is 2.96. The Morgan fingerprint density at radius 1 is 1.32 bits per heavy atom. The maximum Gasteiger partial charge on any atom is 0.244 e. The van der Waals surface area contributed by atoms with E-state index >= 15 is 0 Å². The quantitative estimate of drug-likeness (QED) is 0.858. The third kappa shape index (κ3) is 4.02. The van der Waals surface area contributed by atoms with Crippen molar-refractivity contribution in [3.63, 3.8) is 0 Å². The second-order valence-electron chi connectivity index (χ2n) is 5.23. The number of hydrogen-bond donors (Lipinski definition) is 1. The van der Waals surface area contributed by atoms with Crippen LogP contribution in [0.5, 0.6) is 0 Å². The van der Waals surface area contributed by atoms with E-state index in [2.05, 4.69) is 15.9 Å². The lowest BCUT2D eigenvalue weighted by atomic mass is 9.94. The van der Waals surface area contributed by atoms with Gasteiger partial charge in [0, 0.05) is 17.6 Å². The fraction of sp³-hybridized carbons (Fsp3) is 0.538. The highest BCUT2D eigenvalue weighted by molar-refractivity contribution is 9.10. The van der Waals surface area contributed by atoms with Crippen LogP contribution in [0.25, 0.3) is 0 Å². The zero-order chi connectivity index (χ0) is 14.7. The summed E-state index contributed by atoms with van der Waals surface area (Å²) in [6.07, 6.45) is 0. The molecule has 0 saturated carbocycles. The smallest absolute Gasteiger partial charge is 0.244 e. The van der Waals surface area contributed by atoms with Gasteiger partial charge in [-0.1, -0.05) is 32.9 Å². The number of sulfonamides is 1. The van der Waals surface area contributed by atoms with Crippen molar-refractivity contribution in [1.29, 1.82) is 0 Å². The number of nitrogens with two attached hydrogens (primary N) is 1. The van der Waals surface area contributed by atoms with E-state index in [0.717, 1.165) is 0 Å². The lowest BCUT2D eigenvalue weighted by Crippen LogP contribution is -2.42. The highest BCUT2D eigenvalue weighted by Crippen LogP contribution is 2.27. The van der Waals surface area contributed by atoms with Crippen molar-refractivity contribution in [2.24, 2.45) is 11.1 Å². The van der Waals surface area contributed by atoms with Gasteiger partial charge in [0.25, 0.3) is 0 Å². The monoisotopic (exact) mass is 348 g/mol. The van der Waals surface area contributed by atoms with E-state index in [0.29, 0.717) is 29.0 Å². The van der Waals surface area contributed by atoms with Gasteiger partial charge < -0.3 is 5.73 Å². The van der Waals surface area contributed by atoms with Gasteiger partial charge in [-0.15, -0.1) is 0 Å². The second kappa shape index (κ2) is 6.35. The molecule has 0 atom stereocenters. The van der Waals surface area contributed by atoms with Crippen molar-refractivity contribution in [3.05, 3.63) is 28.7 Å². The van der Waals surface area contributed by atoms with Gasteiger partial charge in [0.1, 0.15) is 0 Å². The van der Waals surface area contributed by atoms with E-state index < -0.39 is 10.0 Å². The van der Waals surface area contributed by atoms with Gasteiger partial charge in [-0.25, -0.2) is 8.42 Å². The molecule has 1 rings (SSSR count). The van der Waals surface area contributed by atoms with Crippen molar-refractivity contribution in [2.45, 2.75) is 25.7 Å². The molecule has 0 unspecified atom stereocenters. The first kappa shape index (κ1) is 16.6. The molecule has 0 radical (unpaired) electrons. The van der Waals surface area contributed by atoms with E-state index in [9.17, 15) is 8.42 Å². The van der Waals surface area contributed by atoms with Gasteiger partial charge in [-0.05, 0) is 40.0 Å². The average molecular weight is 349 g/mol. The van der Waals surface area contributed by atoms with Crippen LogP contribution in [-0.4, -0.2) is 32.4 Å². The van der Waals surface area contributed by atoms with Crippen LogP contribution in [0.4, 0.5) is 0 Å². The van der Waals surface area contributed by atoms with Crippen molar-refractivity contribution >= 4 is 26.0 Å². The molecule has 0 saturated heterocycles. The van der Waals surface area contributed by atoms with Crippen molar-refractivity contribution in [2.75, 3.05) is 19.6 Å². The van der Waals surface area contributed by atoms with E-state index in [4.69, 9.17) is 5.73 Å². The number of benzene rings is 1. The average Bonchev–Trinajstić information content (AvgIpc) is 2.36. The molecular formula is C13H21BrN2O2S. The van der Waals surface area contributed by atoms with Crippen molar-refractivity contribution < 1.29 is 8.42 Å². The minimum atomic E-state index is -3.49. The summed E-state index contributed by atoms with van der Waals surface area (Å²) in [6, 6.07) is 6.86. The molecule has 0 aromatic heterocycles. The Morgan fingerprint density at radius 3 is 2.37 bits per heavy atom. The van der Waals surface area contributed by atoms with Gasteiger partial charge in [0.15, 0.2) is 0 Å². The summed E-state index contributed by atoms with van der Waals surface area (Å²) >= 11 is 3.30. The zero-order valence-electron chi connectivity index (χ0n) is 11.6. The van der Waals surface area contributed by atoms with Crippen LogP contribution < -0.4 is 5.73 Å². The Kier molecular flexibility index (Phi) is 5.55. The molecule has 0 aliphatic carbocycles. The molecule has 0 aliphatic rings. The SMILES string of the molecule is CCN(CC(C)(C)CN)S(=O)(=O)c1ccccc1Br. The summed E-state index contributed by atoms with van der Waals surface area (Å²) in [5.74, 6) is 0. The lowest BCUT2D eigenvalue weighted by molar-refractivity contribution is 0.273. The Bertz CT molecular complexity index is 529. The predicted octanol–water partition coefficient (Wildman–Crippen LogP) is 2.44. The maximum absolute atomic E-state index is 12.6. The molecule has 4 nitrogen and oxygen atoms in total. The van der Waals surface area contributed by atoms with Crippen LogP contribution >= 0.6 is 15.9 Å². The third-order valence-corrected chi connectivity index (χ3v) is 5.90. The Labute approximate surface area is 124 Å². The normalized spacial score (nSPS) is 12.9. The highest BCUT2D eigenvalue weighted by Gasteiger charge is 2.30. The molecule has 108 valence electrons. The van der Waals surface area contributed by atoms with Crippen molar-refractivity contribution in [1.82, 2.24) is 4.31 Å². The summed E-state index contributed by atoms with van der Waals surface area (Å²) in [7, 11) is -3.49. The molecule has 0 amide bonds. The minimum Gasteiger partial charge on any atom is -0.330 e. The summed E-state index contributed by atoms with van der Waals surface area (Å²) in [5, 5.41) is 0. The number of nitrogens with zero attached hydrogens (tertiary/aromatic N) is 1. The Balaban J connectivity index is 3.14. The fourth-order valence-electron chi connectivity index (χ4n) is 1.70. The molecule has 2 N–H and O–H groups in total. The summed E-state index contributed by atoms with van der Waals surface area (Å²) in [5.41, 5.74) is 5.44. The molecule has 19 heavy (non-hydrogen) atoms. The van der Waals surface area contributed by atoms with Gasteiger partial charge in [0.05, 0.1) is 4.90 Å². The summed E-state index contributed by atoms with van der Waals surface area (Å²) in [6.45, 7) is 7.03. The first-order chi connectivity index (χ1) is 8.74. The first-order valence-corrected chi connectivity index (χ1v) is 8.42. The molecule has 0 aliphatic heterocycles. The van der Waals surface area contributed by atoms with Crippen LogP contribution in [-0.2, 0) is 10.0 Å². The molecule has 6 heteroatoms. The predicted molar refractivity (Wildman–Crippen MR) is 81.4 cm³/mol.